The number of amides is 1. The molecule has 0 aliphatic rings. The molecule has 0 saturated carbocycles. The maximum Gasteiger partial charge on any atom is 0.255 e. The van der Waals surface area contributed by atoms with Gasteiger partial charge >= 0.3 is 0 Å². The molecule has 5 heteroatoms. The molecule has 4 nitrogen and oxygen atoms in total. The third-order valence-electron chi connectivity index (χ3n) is 2.39. The van der Waals surface area contributed by atoms with Gasteiger partial charge in [-0.25, -0.2) is 0 Å². The van der Waals surface area contributed by atoms with Gasteiger partial charge in [0.2, 0.25) is 0 Å². The first-order valence-corrected chi connectivity index (χ1v) is 5.90. The van der Waals surface area contributed by atoms with Crippen molar-refractivity contribution in [3.05, 3.63) is 39.8 Å². The van der Waals surface area contributed by atoms with Crippen LogP contribution in [0, 0.1) is 6.92 Å². The molecule has 16 heavy (non-hydrogen) atoms. The second-order valence-electron chi connectivity index (χ2n) is 3.62. The number of carbonyl (C=O) groups is 1. The van der Waals surface area contributed by atoms with Crippen molar-refractivity contribution in [1.82, 2.24) is 15.5 Å². The van der Waals surface area contributed by atoms with Crippen molar-refractivity contribution >= 4 is 17.2 Å². The molecule has 2 heterocycles. The standard InChI is InChI=1S/C11H13N3OS/c1-7-9(6-12-14-7)11(15)13-8(2)10-4-3-5-16-10/h3-6,8H,1-2H3,(H,12,14)(H,13,15). The number of carbonyl (C=O) groups excluding carboxylic acids is 1. The molecule has 2 aromatic rings. The van der Waals surface area contributed by atoms with Crippen LogP contribution in [0.15, 0.2) is 23.7 Å². The van der Waals surface area contributed by atoms with Gasteiger partial charge in [0.25, 0.3) is 5.91 Å². The summed E-state index contributed by atoms with van der Waals surface area (Å²) < 4.78 is 0. The number of nitrogens with one attached hydrogen (secondary N) is 2. The molecule has 0 spiro atoms. The van der Waals surface area contributed by atoms with E-state index in [1.165, 1.54) is 0 Å². The number of nitrogens with zero attached hydrogens (tertiary/aromatic N) is 1. The summed E-state index contributed by atoms with van der Waals surface area (Å²) in [5.41, 5.74) is 1.39. The van der Waals surface area contributed by atoms with Gasteiger partial charge in [-0.3, -0.25) is 9.89 Å². The van der Waals surface area contributed by atoms with Gasteiger partial charge in [0.05, 0.1) is 17.8 Å². The van der Waals surface area contributed by atoms with Crippen molar-refractivity contribution in [2.75, 3.05) is 0 Å². The zero-order valence-corrected chi connectivity index (χ0v) is 9.97. The predicted octanol–water partition coefficient (Wildman–Crippen LogP) is 2.27. The Hall–Kier alpha value is -1.62. The van der Waals surface area contributed by atoms with Crippen LogP contribution >= 0.6 is 11.3 Å². The highest BCUT2D eigenvalue weighted by atomic mass is 32.1. The lowest BCUT2D eigenvalue weighted by molar-refractivity contribution is 0.0940. The average molecular weight is 235 g/mol. The maximum absolute atomic E-state index is 11.9. The summed E-state index contributed by atoms with van der Waals surface area (Å²) in [6.07, 6.45) is 1.55. The normalized spacial score (nSPS) is 12.4. The summed E-state index contributed by atoms with van der Waals surface area (Å²) in [6, 6.07) is 4.02. The highest BCUT2D eigenvalue weighted by molar-refractivity contribution is 7.10. The van der Waals surface area contributed by atoms with Crippen molar-refractivity contribution in [3.8, 4) is 0 Å². The molecule has 1 amide bonds. The van der Waals surface area contributed by atoms with E-state index < -0.39 is 0 Å². The monoisotopic (exact) mass is 235 g/mol. The van der Waals surface area contributed by atoms with Gasteiger partial charge in [-0.15, -0.1) is 11.3 Å². The van der Waals surface area contributed by atoms with E-state index in [0.717, 1.165) is 10.6 Å². The summed E-state index contributed by atoms with van der Waals surface area (Å²) >= 11 is 1.64. The van der Waals surface area contributed by atoms with E-state index in [1.54, 1.807) is 17.5 Å². The molecule has 0 aliphatic heterocycles. The molecule has 0 aromatic carbocycles. The van der Waals surface area contributed by atoms with Crippen LogP contribution in [-0.4, -0.2) is 16.1 Å². The average Bonchev–Trinajstić information content (AvgIpc) is 2.86. The molecule has 0 fully saturated rings. The fourth-order valence-electron chi connectivity index (χ4n) is 1.46. The van der Waals surface area contributed by atoms with Crippen LogP contribution < -0.4 is 5.32 Å². The third kappa shape index (κ3) is 2.14. The molecule has 2 N–H and O–H groups in total. The largest absolute Gasteiger partial charge is 0.345 e. The van der Waals surface area contributed by atoms with Crippen LogP contribution in [0.5, 0.6) is 0 Å². The number of thiophene rings is 1. The SMILES string of the molecule is Cc1[nH]ncc1C(=O)NC(C)c1cccs1. The maximum atomic E-state index is 11.9. The Labute approximate surface area is 97.7 Å². The van der Waals surface area contributed by atoms with Crippen molar-refractivity contribution in [1.29, 1.82) is 0 Å². The Morgan fingerprint density at radius 2 is 2.44 bits per heavy atom. The van der Waals surface area contributed by atoms with Crippen LogP contribution in [0.4, 0.5) is 0 Å². The van der Waals surface area contributed by atoms with Gasteiger partial charge in [0.1, 0.15) is 0 Å². The minimum atomic E-state index is -0.0906. The molecule has 0 bridgehead atoms. The quantitative estimate of drug-likeness (QED) is 0.857. The van der Waals surface area contributed by atoms with Crippen molar-refractivity contribution in [2.45, 2.75) is 19.9 Å². The molecule has 2 aromatic heterocycles. The minimum Gasteiger partial charge on any atom is -0.345 e. The van der Waals surface area contributed by atoms with Crippen molar-refractivity contribution < 1.29 is 4.79 Å². The fourth-order valence-corrected chi connectivity index (χ4v) is 2.20. The molecule has 0 radical (unpaired) electrons. The third-order valence-corrected chi connectivity index (χ3v) is 3.45. The number of aryl methyl sites for hydroxylation is 1. The molecule has 2 rings (SSSR count). The molecule has 84 valence electrons. The van der Waals surface area contributed by atoms with E-state index in [2.05, 4.69) is 15.5 Å². The van der Waals surface area contributed by atoms with E-state index in [9.17, 15) is 4.79 Å². The highest BCUT2D eigenvalue weighted by Gasteiger charge is 2.14. The van der Waals surface area contributed by atoms with Crippen LogP contribution in [0.1, 0.15) is 33.9 Å². The van der Waals surface area contributed by atoms with Crippen molar-refractivity contribution in [3.63, 3.8) is 0 Å². The summed E-state index contributed by atoms with van der Waals surface area (Å²) in [7, 11) is 0. The number of aromatic amines is 1. The molecule has 1 atom stereocenters. The molecular weight excluding hydrogens is 222 g/mol. The highest BCUT2D eigenvalue weighted by Crippen LogP contribution is 2.18. The van der Waals surface area contributed by atoms with Crippen LogP contribution in [-0.2, 0) is 0 Å². The first-order chi connectivity index (χ1) is 7.68. The van der Waals surface area contributed by atoms with Crippen LogP contribution in [0.25, 0.3) is 0 Å². The fraction of sp³-hybridized carbons (Fsp3) is 0.273. The number of hydrogen-bond acceptors (Lipinski definition) is 3. The van der Waals surface area contributed by atoms with Gasteiger partial charge in [-0.2, -0.15) is 5.10 Å². The number of aromatic nitrogens is 2. The molecular formula is C11H13N3OS. The van der Waals surface area contributed by atoms with Crippen LogP contribution in [0.2, 0.25) is 0 Å². The summed E-state index contributed by atoms with van der Waals surface area (Å²) in [5, 5.41) is 11.5. The smallest absolute Gasteiger partial charge is 0.255 e. The van der Waals surface area contributed by atoms with Gasteiger partial charge in [0.15, 0.2) is 0 Å². The number of rotatable bonds is 3. The second-order valence-corrected chi connectivity index (χ2v) is 4.60. The predicted molar refractivity (Wildman–Crippen MR) is 63.5 cm³/mol. The molecule has 0 saturated heterocycles. The minimum absolute atomic E-state index is 0.0294. The van der Waals surface area contributed by atoms with Crippen molar-refractivity contribution in [2.24, 2.45) is 0 Å². The van der Waals surface area contributed by atoms with E-state index in [-0.39, 0.29) is 11.9 Å². The number of hydrogen-bond donors (Lipinski definition) is 2. The first kappa shape index (κ1) is 10.9. The zero-order valence-electron chi connectivity index (χ0n) is 9.15. The van der Waals surface area contributed by atoms with E-state index in [0.29, 0.717) is 5.56 Å². The van der Waals surface area contributed by atoms with Crippen LogP contribution in [0.3, 0.4) is 0 Å². The van der Waals surface area contributed by atoms with Gasteiger partial charge in [0, 0.05) is 10.6 Å². The number of H-pyrrole nitrogens is 1. The topological polar surface area (TPSA) is 57.8 Å². The van der Waals surface area contributed by atoms with E-state index >= 15 is 0 Å². The van der Waals surface area contributed by atoms with E-state index in [4.69, 9.17) is 0 Å². The van der Waals surface area contributed by atoms with Gasteiger partial charge < -0.3 is 5.32 Å². The van der Waals surface area contributed by atoms with Gasteiger partial charge in [-0.1, -0.05) is 6.07 Å². The summed E-state index contributed by atoms with van der Waals surface area (Å²) in [4.78, 5) is 13.0. The zero-order chi connectivity index (χ0) is 11.5. The van der Waals surface area contributed by atoms with E-state index in [1.807, 2.05) is 31.4 Å². The Bertz CT molecular complexity index is 475. The Balaban J connectivity index is 2.06. The Kier molecular flexibility index (Phi) is 3.05. The second kappa shape index (κ2) is 4.49. The summed E-state index contributed by atoms with van der Waals surface area (Å²) in [6.45, 7) is 3.80. The lowest BCUT2D eigenvalue weighted by atomic mass is 10.2. The Morgan fingerprint density at radius 1 is 1.62 bits per heavy atom. The Morgan fingerprint density at radius 3 is 3.00 bits per heavy atom. The first-order valence-electron chi connectivity index (χ1n) is 5.02. The molecule has 0 aliphatic carbocycles. The lowest BCUT2D eigenvalue weighted by Gasteiger charge is -2.11. The summed E-state index contributed by atoms with van der Waals surface area (Å²) in [5.74, 6) is -0.0906. The lowest BCUT2D eigenvalue weighted by Crippen LogP contribution is -2.26. The van der Waals surface area contributed by atoms with Gasteiger partial charge in [-0.05, 0) is 25.3 Å². The molecule has 1 unspecified atom stereocenters.